The Morgan fingerprint density at radius 1 is 0.522 bits per heavy atom. The normalized spacial score (nSPS) is 27.5. The summed E-state index contributed by atoms with van der Waals surface area (Å²) in [5, 5.41) is 0. The molecule has 0 radical (unpaired) electrons. The minimum atomic E-state index is -1.24. The summed E-state index contributed by atoms with van der Waals surface area (Å²) >= 11 is 0. The lowest BCUT2D eigenvalue weighted by Gasteiger charge is -2.46. The Morgan fingerprint density at radius 3 is 0.913 bits per heavy atom. The second kappa shape index (κ2) is 6.78. The lowest BCUT2D eigenvalue weighted by Crippen LogP contribution is -2.59. The van der Waals surface area contributed by atoms with Gasteiger partial charge in [-0.1, -0.05) is 75.3 Å². The van der Waals surface area contributed by atoms with Crippen LogP contribution in [0.5, 0.6) is 0 Å². The van der Waals surface area contributed by atoms with Crippen molar-refractivity contribution in [3.8, 4) is 0 Å². The van der Waals surface area contributed by atoms with E-state index in [0.29, 0.717) is 0 Å². The maximum Gasteiger partial charge on any atom is 0.208 e. The SMILES string of the molecule is CN(C)B1B(N(C)C)[C@H]([Si](C)(C)C)C([Si](C)(C)C)[C@@H]1[Si](C)(C)C. The molecule has 0 aromatic rings. The monoisotopic (exact) mass is 368 g/mol. The molecule has 0 bridgehead atoms. The Kier molecular flexibility index (Phi) is 6.41. The Bertz CT molecular complexity index is 379. The molecule has 1 heterocycles. The van der Waals surface area contributed by atoms with E-state index in [2.05, 4.69) is 96.7 Å². The van der Waals surface area contributed by atoms with Crippen molar-refractivity contribution < 1.29 is 0 Å². The molecule has 0 aromatic carbocycles. The molecule has 1 fully saturated rings. The molecule has 23 heavy (non-hydrogen) atoms. The number of rotatable bonds is 5. The quantitative estimate of drug-likeness (QED) is 0.664. The molecule has 134 valence electrons. The van der Waals surface area contributed by atoms with Gasteiger partial charge in [-0.15, -0.1) is 0 Å². The van der Waals surface area contributed by atoms with Crippen LogP contribution in [-0.2, 0) is 0 Å². The van der Waals surface area contributed by atoms with E-state index in [1.807, 2.05) is 0 Å². The molecular weight excluding hydrogens is 326 g/mol. The van der Waals surface area contributed by atoms with Crippen molar-refractivity contribution >= 4 is 37.7 Å². The van der Waals surface area contributed by atoms with Crippen LogP contribution < -0.4 is 0 Å². The lowest BCUT2D eigenvalue weighted by atomic mass is 9.20. The van der Waals surface area contributed by atoms with Crippen molar-refractivity contribution in [2.24, 2.45) is 0 Å². The van der Waals surface area contributed by atoms with Crippen molar-refractivity contribution in [1.82, 2.24) is 9.62 Å². The van der Waals surface area contributed by atoms with Gasteiger partial charge in [0, 0.05) is 24.2 Å². The van der Waals surface area contributed by atoms with E-state index in [1.54, 1.807) is 0 Å². The first-order valence-corrected chi connectivity index (χ1v) is 20.1. The number of hydrogen-bond acceptors (Lipinski definition) is 2. The first-order valence-electron chi connectivity index (χ1n) is 9.34. The molecule has 1 rings (SSSR count). The largest absolute Gasteiger partial charge is 0.352 e. The highest BCUT2D eigenvalue weighted by atomic mass is 28.3. The first kappa shape index (κ1) is 21.7. The van der Waals surface area contributed by atoms with Gasteiger partial charge in [0.1, 0.15) is 0 Å². The first-order chi connectivity index (χ1) is 10.0. The fraction of sp³-hybridized carbons (Fsp3) is 1.00. The molecule has 0 aromatic heterocycles. The van der Waals surface area contributed by atoms with E-state index >= 15 is 0 Å². The van der Waals surface area contributed by atoms with Gasteiger partial charge in [-0.05, 0) is 28.2 Å². The topological polar surface area (TPSA) is 6.48 Å². The summed E-state index contributed by atoms with van der Waals surface area (Å²) in [7, 11) is 5.63. The van der Waals surface area contributed by atoms with E-state index in [-0.39, 0.29) is 0 Å². The van der Waals surface area contributed by atoms with Gasteiger partial charge in [0.05, 0.1) is 0 Å². The van der Waals surface area contributed by atoms with Crippen LogP contribution in [0.1, 0.15) is 0 Å². The Labute approximate surface area is 151 Å². The molecule has 1 aliphatic heterocycles. The molecule has 0 spiro atoms. The molecule has 0 saturated carbocycles. The molecule has 2 nitrogen and oxygen atoms in total. The zero-order valence-electron chi connectivity index (χ0n) is 18.3. The van der Waals surface area contributed by atoms with Crippen LogP contribution in [0.25, 0.3) is 0 Å². The predicted octanol–water partition coefficient (Wildman–Crippen LogP) is 4.39. The Balaban J connectivity index is 3.64. The zero-order valence-corrected chi connectivity index (χ0v) is 21.3. The fourth-order valence-corrected chi connectivity index (χ4v) is 19.9. The summed E-state index contributed by atoms with van der Waals surface area (Å²) in [4.78, 5) is 5.17. The van der Waals surface area contributed by atoms with Crippen LogP contribution in [-0.4, -0.2) is 75.5 Å². The Morgan fingerprint density at radius 2 is 0.783 bits per heavy atom. The number of hydrogen-bond donors (Lipinski definition) is 0. The van der Waals surface area contributed by atoms with Gasteiger partial charge in [0.2, 0.25) is 13.5 Å². The van der Waals surface area contributed by atoms with Crippen molar-refractivity contribution in [2.45, 2.75) is 75.3 Å². The maximum absolute atomic E-state index is 2.64. The van der Waals surface area contributed by atoms with Crippen LogP contribution >= 0.6 is 0 Å². The average molecular weight is 368 g/mol. The van der Waals surface area contributed by atoms with Crippen LogP contribution in [0.3, 0.4) is 0 Å². The minimum Gasteiger partial charge on any atom is -0.352 e. The van der Waals surface area contributed by atoms with Gasteiger partial charge in [-0.25, -0.2) is 0 Å². The van der Waals surface area contributed by atoms with Crippen molar-refractivity contribution in [2.75, 3.05) is 28.2 Å². The van der Waals surface area contributed by atoms with Gasteiger partial charge in [0.15, 0.2) is 0 Å². The third kappa shape index (κ3) is 4.46. The highest BCUT2D eigenvalue weighted by Crippen LogP contribution is 2.60. The van der Waals surface area contributed by atoms with Gasteiger partial charge < -0.3 is 9.62 Å². The molecule has 1 unspecified atom stereocenters. The van der Waals surface area contributed by atoms with E-state index in [9.17, 15) is 0 Å². The average Bonchev–Trinajstić information content (AvgIpc) is 2.62. The van der Waals surface area contributed by atoms with E-state index in [1.165, 1.54) is 0 Å². The van der Waals surface area contributed by atoms with E-state index < -0.39 is 24.2 Å². The van der Waals surface area contributed by atoms with Gasteiger partial charge >= 0.3 is 0 Å². The van der Waals surface area contributed by atoms with Crippen LogP contribution in [0.15, 0.2) is 0 Å². The molecule has 7 heteroatoms. The molecule has 1 saturated heterocycles. The van der Waals surface area contributed by atoms with Crippen molar-refractivity contribution in [1.29, 1.82) is 0 Å². The zero-order chi connectivity index (χ0) is 18.5. The second-order valence-corrected chi connectivity index (χ2v) is 27.8. The summed E-state index contributed by atoms with van der Waals surface area (Å²) in [5.41, 5.74) is 2.82. The third-order valence-corrected chi connectivity index (χ3v) is 14.8. The van der Waals surface area contributed by atoms with Crippen molar-refractivity contribution in [3.05, 3.63) is 0 Å². The lowest BCUT2D eigenvalue weighted by molar-refractivity contribution is 0.622. The highest BCUT2D eigenvalue weighted by Gasteiger charge is 2.65. The van der Waals surface area contributed by atoms with E-state index in [0.717, 1.165) is 29.9 Å². The summed E-state index contributed by atoms with van der Waals surface area (Å²) in [6, 6.07) is 0. The van der Waals surface area contributed by atoms with Crippen LogP contribution in [0.4, 0.5) is 0 Å². The third-order valence-electron chi connectivity index (χ3n) is 6.05. The van der Waals surface area contributed by atoms with Crippen LogP contribution in [0.2, 0.25) is 75.3 Å². The number of nitrogens with zero attached hydrogens (tertiary/aromatic N) is 2. The van der Waals surface area contributed by atoms with Crippen LogP contribution in [0, 0.1) is 0 Å². The predicted molar refractivity (Wildman–Crippen MR) is 120 cm³/mol. The smallest absolute Gasteiger partial charge is 0.208 e. The van der Waals surface area contributed by atoms with E-state index in [4.69, 9.17) is 0 Å². The Hall–Kier alpha value is 0.701. The molecule has 0 amide bonds. The summed E-state index contributed by atoms with van der Waals surface area (Å²) < 4.78 is 0. The maximum atomic E-state index is 2.64. The molecule has 0 N–H and O–H groups in total. The minimum absolute atomic E-state index is 0.727. The molecule has 3 atom stereocenters. The summed E-state index contributed by atoms with van der Waals surface area (Å²) in [6.45, 7) is 25.1. The van der Waals surface area contributed by atoms with Crippen molar-refractivity contribution in [3.63, 3.8) is 0 Å². The summed E-state index contributed by atoms with van der Waals surface area (Å²) in [6.07, 6.45) is 0. The van der Waals surface area contributed by atoms with Gasteiger partial charge in [-0.2, -0.15) is 0 Å². The second-order valence-electron chi connectivity index (χ2n) is 11.6. The molecule has 1 aliphatic rings. The van der Waals surface area contributed by atoms with Gasteiger partial charge in [-0.3, -0.25) is 0 Å². The highest BCUT2D eigenvalue weighted by molar-refractivity contribution is 7.30. The fourth-order valence-electron chi connectivity index (χ4n) is 5.51. The standard InChI is InChI=1S/C16H42B2N2Si3/c1-19(2)17-15(22(8,9)10)14(21(5,6)7)16(23(11,12)13)18(17)20(3)4/h14-16H,1-13H3/t14?,15-,16+. The molecular formula is C16H42B2N2Si3. The summed E-state index contributed by atoms with van der Waals surface area (Å²) in [5.74, 6) is 0. The molecule has 0 aliphatic carbocycles. The van der Waals surface area contributed by atoms with Gasteiger partial charge in [0.25, 0.3) is 0 Å².